The first kappa shape index (κ1) is 19.6. The SMILES string of the molecule is O=C(NOCc1ccc(Cl)c(Cl)c1)c1c(-c2ccc3ccccc3c2)nc2occn12. The van der Waals surface area contributed by atoms with Gasteiger partial charge in [0.25, 0.3) is 5.91 Å². The van der Waals surface area contributed by atoms with E-state index in [1.165, 1.54) is 6.26 Å². The highest BCUT2D eigenvalue weighted by Gasteiger charge is 2.22. The molecule has 0 aliphatic rings. The number of halogens is 2. The lowest BCUT2D eigenvalue weighted by atomic mass is 10.0. The van der Waals surface area contributed by atoms with Gasteiger partial charge in [0.15, 0.2) is 0 Å². The van der Waals surface area contributed by atoms with Crippen molar-refractivity contribution in [3.63, 3.8) is 0 Å². The van der Waals surface area contributed by atoms with Gasteiger partial charge >= 0.3 is 5.84 Å². The Hall–Kier alpha value is -3.32. The average Bonchev–Trinajstić information content (AvgIpc) is 3.37. The fourth-order valence-corrected chi connectivity index (χ4v) is 3.72. The van der Waals surface area contributed by atoms with Gasteiger partial charge in [-0.2, -0.15) is 4.98 Å². The number of nitrogens with one attached hydrogen (secondary N) is 1. The van der Waals surface area contributed by atoms with E-state index in [1.807, 2.05) is 42.5 Å². The molecule has 0 unspecified atom stereocenters. The normalized spacial score (nSPS) is 11.3. The van der Waals surface area contributed by atoms with Gasteiger partial charge in [0.2, 0.25) is 0 Å². The highest BCUT2D eigenvalue weighted by atomic mass is 35.5. The predicted octanol–water partition coefficient (Wildman–Crippen LogP) is 5.92. The highest BCUT2D eigenvalue weighted by molar-refractivity contribution is 6.42. The molecule has 0 aliphatic carbocycles. The molecule has 0 fully saturated rings. The largest absolute Gasteiger partial charge is 0.432 e. The van der Waals surface area contributed by atoms with Crippen LogP contribution < -0.4 is 5.48 Å². The van der Waals surface area contributed by atoms with Crippen LogP contribution in [0, 0.1) is 0 Å². The van der Waals surface area contributed by atoms with E-state index in [9.17, 15) is 4.79 Å². The minimum absolute atomic E-state index is 0.126. The number of hydrogen-bond donors (Lipinski definition) is 1. The van der Waals surface area contributed by atoms with Crippen molar-refractivity contribution in [2.75, 3.05) is 0 Å². The summed E-state index contributed by atoms with van der Waals surface area (Å²) in [6.45, 7) is 0.126. The van der Waals surface area contributed by atoms with Crippen LogP contribution in [-0.4, -0.2) is 15.3 Å². The van der Waals surface area contributed by atoms with Crippen LogP contribution >= 0.6 is 23.2 Å². The van der Waals surface area contributed by atoms with Crippen LogP contribution in [0.3, 0.4) is 0 Å². The molecule has 5 aromatic rings. The number of rotatable bonds is 5. The summed E-state index contributed by atoms with van der Waals surface area (Å²) >= 11 is 12.0. The van der Waals surface area contributed by atoms with E-state index in [0.717, 1.165) is 21.9 Å². The monoisotopic (exact) mass is 451 g/mol. The number of imidazole rings is 1. The Bertz CT molecular complexity index is 1420. The Balaban J connectivity index is 1.43. The fourth-order valence-electron chi connectivity index (χ4n) is 3.40. The second-order valence-corrected chi connectivity index (χ2v) is 7.71. The van der Waals surface area contributed by atoms with E-state index in [-0.39, 0.29) is 6.61 Å². The molecule has 1 amide bonds. The van der Waals surface area contributed by atoms with Gasteiger partial charge in [-0.05, 0) is 34.5 Å². The first-order chi connectivity index (χ1) is 15.1. The Labute approximate surface area is 186 Å². The second-order valence-electron chi connectivity index (χ2n) is 6.89. The first-order valence-corrected chi connectivity index (χ1v) is 10.2. The number of carbonyl (C=O) groups excluding carboxylic acids is 1. The molecule has 31 heavy (non-hydrogen) atoms. The van der Waals surface area contributed by atoms with Crippen molar-refractivity contribution in [1.29, 1.82) is 0 Å². The van der Waals surface area contributed by atoms with Gasteiger partial charge in [-0.25, -0.2) is 5.48 Å². The first-order valence-electron chi connectivity index (χ1n) is 9.41. The van der Waals surface area contributed by atoms with Crippen molar-refractivity contribution in [3.8, 4) is 11.3 Å². The van der Waals surface area contributed by atoms with Crippen molar-refractivity contribution < 1.29 is 14.0 Å². The summed E-state index contributed by atoms with van der Waals surface area (Å²) in [5.74, 6) is -0.130. The number of fused-ring (bicyclic) bond motifs is 2. The quantitative estimate of drug-likeness (QED) is 0.337. The lowest BCUT2D eigenvalue weighted by molar-refractivity contribution is 0.0229. The smallest absolute Gasteiger partial charge is 0.306 e. The Kier molecular flexibility index (Phi) is 5.11. The molecule has 1 N–H and O–H groups in total. The van der Waals surface area contributed by atoms with Gasteiger partial charge in [-0.3, -0.25) is 14.0 Å². The number of amides is 1. The number of carbonyl (C=O) groups is 1. The number of nitrogens with zero attached hydrogens (tertiary/aromatic N) is 2. The molecule has 6 nitrogen and oxygen atoms in total. The summed E-state index contributed by atoms with van der Waals surface area (Å²) < 4.78 is 6.99. The maximum atomic E-state index is 13.0. The number of oxazole rings is 1. The molecule has 0 atom stereocenters. The molecule has 3 aromatic carbocycles. The number of hydrogen-bond acceptors (Lipinski definition) is 4. The van der Waals surface area contributed by atoms with Crippen molar-refractivity contribution in [1.82, 2.24) is 14.9 Å². The summed E-state index contributed by atoms with van der Waals surface area (Å²) in [5.41, 5.74) is 4.86. The molecule has 0 saturated heterocycles. The van der Waals surface area contributed by atoms with Gasteiger partial charge in [0.05, 0.1) is 16.7 Å². The van der Waals surface area contributed by atoms with Gasteiger partial charge in [0, 0.05) is 11.8 Å². The zero-order valence-corrected chi connectivity index (χ0v) is 17.5. The second kappa shape index (κ2) is 8.07. The third-order valence-electron chi connectivity index (χ3n) is 4.89. The molecule has 154 valence electrons. The lowest BCUT2D eigenvalue weighted by Gasteiger charge is -2.08. The minimum Gasteiger partial charge on any atom is -0.432 e. The van der Waals surface area contributed by atoms with Crippen molar-refractivity contribution in [2.24, 2.45) is 0 Å². The zero-order chi connectivity index (χ0) is 21.4. The third-order valence-corrected chi connectivity index (χ3v) is 5.63. The molecule has 5 rings (SSSR count). The third kappa shape index (κ3) is 3.77. The Morgan fingerprint density at radius 2 is 1.87 bits per heavy atom. The number of hydroxylamine groups is 1. The molecule has 0 bridgehead atoms. The predicted molar refractivity (Wildman–Crippen MR) is 119 cm³/mol. The van der Waals surface area contributed by atoms with Crippen LogP contribution in [-0.2, 0) is 11.4 Å². The number of aromatic nitrogens is 2. The van der Waals surface area contributed by atoms with Crippen LogP contribution in [0.1, 0.15) is 16.1 Å². The molecular formula is C23H15Cl2N3O3. The van der Waals surface area contributed by atoms with E-state index in [2.05, 4.69) is 10.5 Å². The van der Waals surface area contributed by atoms with E-state index >= 15 is 0 Å². The maximum Gasteiger partial charge on any atom is 0.306 e. The van der Waals surface area contributed by atoms with Crippen LogP contribution in [0.15, 0.2) is 77.5 Å². The molecule has 2 aromatic heterocycles. The summed E-state index contributed by atoms with van der Waals surface area (Å²) in [6, 6.07) is 19.0. The summed E-state index contributed by atoms with van der Waals surface area (Å²) in [4.78, 5) is 22.9. The Morgan fingerprint density at radius 3 is 2.71 bits per heavy atom. The molecule has 0 radical (unpaired) electrons. The molecule has 0 saturated carbocycles. The standard InChI is InChI=1S/C23H15Cl2N3O3/c24-18-8-5-14(11-19(18)25)13-31-27-22(29)21-20(26-23-28(21)9-10-30-23)17-7-6-15-3-1-2-4-16(15)12-17/h1-12H,13H2,(H,27,29). The Morgan fingerprint density at radius 1 is 1.03 bits per heavy atom. The lowest BCUT2D eigenvalue weighted by Crippen LogP contribution is -2.25. The van der Waals surface area contributed by atoms with Gasteiger partial charge in [-0.15, -0.1) is 0 Å². The van der Waals surface area contributed by atoms with Crippen LogP contribution in [0.4, 0.5) is 0 Å². The van der Waals surface area contributed by atoms with E-state index in [4.69, 9.17) is 32.5 Å². The molecule has 0 spiro atoms. The van der Waals surface area contributed by atoms with Gasteiger partial charge < -0.3 is 4.42 Å². The fraction of sp³-hybridized carbons (Fsp3) is 0.0435. The number of benzene rings is 3. The van der Waals surface area contributed by atoms with E-state index < -0.39 is 5.91 Å². The van der Waals surface area contributed by atoms with E-state index in [0.29, 0.717) is 27.3 Å². The molecule has 2 heterocycles. The maximum absolute atomic E-state index is 13.0. The van der Waals surface area contributed by atoms with Gasteiger partial charge in [0.1, 0.15) is 17.7 Å². The summed E-state index contributed by atoms with van der Waals surface area (Å²) in [6.07, 6.45) is 3.11. The summed E-state index contributed by atoms with van der Waals surface area (Å²) in [5, 5.41) is 3.02. The molecular weight excluding hydrogens is 437 g/mol. The average molecular weight is 452 g/mol. The minimum atomic E-state index is -0.447. The molecule has 8 heteroatoms. The topological polar surface area (TPSA) is 68.8 Å². The molecule has 0 aliphatic heterocycles. The van der Waals surface area contributed by atoms with Crippen molar-refractivity contribution in [2.45, 2.75) is 6.61 Å². The highest BCUT2D eigenvalue weighted by Crippen LogP contribution is 2.28. The van der Waals surface area contributed by atoms with E-state index in [1.54, 1.807) is 28.8 Å². The zero-order valence-electron chi connectivity index (χ0n) is 16.0. The van der Waals surface area contributed by atoms with Crippen LogP contribution in [0.25, 0.3) is 27.9 Å². The van der Waals surface area contributed by atoms with Crippen LogP contribution in [0.5, 0.6) is 0 Å². The van der Waals surface area contributed by atoms with Crippen molar-refractivity contribution in [3.05, 3.63) is 94.4 Å². The van der Waals surface area contributed by atoms with Crippen LogP contribution in [0.2, 0.25) is 10.0 Å². The summed E-state index contributed by atoms with van der Waals surface area (Å²) in [7, 11) is 0. The van der Waals surface area contributed by atoms with Gasteiger partial charge in [-0.1, -0.05) is 65.7 Å². The van der Waals surface area contributed by atoms with Crippen molar-refractivity contribution >= 4 is 45.7 Å².